The minimum atomic E-state index is -0.122. The first-order valence-electron chi connectivity index (χ1n) is 8.06. The number of hydrogen-bond donors (Lipinski definition) is 1. The summed E-state index contributed by atoms with van der Waals surface area (Å²) in [6, 6.07) is 13.2. The molecule has 0 aromatic heterocycles. The lowest BCUT2D eigenvalue weighted by atomic mass is 10.1. The standard InChI is InChI=1S/C19H21NO3/c1-2-3-4-14-5-7-15(8-6-14)19(21)20-16-9-10-17-18(13-16)23-12-11-22-17/h5-10,13H,2-4,11-12H2,1H3,(H,20,21). The van der Waals surface area contributed by atoms with Gasteiger partial charge in [-0.1, -0.05) is 25.5 Å². The number of carbonyl (C=O) groups excluding carboxylic acids is 1. The summed E-state index contributed by atoms with van der Waals surface area (Å²) in [5, 5.41) is 2.90. The van der Waals surface area contributed by atoms with Gasteiger partial charge in [0.15, 0.2) is 11.5 Å². The van der Waals surface area contributed by atoms with Crippen molar-refractivity contribution in [1.82, 2.24) is 0 Å². The van der Waals surface area contributed by atoms with Crippen molar-refractivity contribution in [2.45, 2.75) is 26.2 Å². The van der Waals surface area contributed by atoms with E-state index in [0.29, 0.717) is 30.2 Å². The summed E-state index contributed by atoms with van der Waals surface area (Å²) in [5.41, 5.74) is 2.62. The minimum Gasteiger partial charge on any atom is -0.486 e. The van der Waals surface area contributed by atoms with Crippen LogP contribution in [0.4, 0.5) is 5.69 Å². The predicted octanol–water partition coefficient (Wildman–Crippen LogP) is 4.05. The van der Waals surface area contributed by atoms with Crippen LogP contribution in [0.1, 0.15) is 35.7 Å². The largest absolute Gasteiger partial charge is 0.486 e. The number of unbranched alkanes of at least 4 members (excludes halogenated alkanes) is 1. The van der Waals surface area contributed by atoms with Crippen LogP contribution in [0, 0.1) is 0 Å². The molecule has 0 bridgehead atoms. The van der Waals surface area contributed by atoms with Crippen LogP contribution >= 0.6 is 0 Å². The van der Waals surface area contributed by atoms with Crippen molar-refractivity contribution in [2.75, 3.05) is 18.5 Å². The summed E-state index contributed by atoms with van der Waals surface area (Å²) in [4.78, 5) is 12.3. The summed E-state index contributed by atoms with van der Waals surface area (Å²) in [5.74, 6) is 1.27. The van der Waals surface area contributed by atoms with Crippen molar-refractivity contribution in [1.29, 1.82) is 0 Å². The molecule has 2 aromatic rings. The number of carbonyl (C=O) groups is 1. The third-order valence-corrected chi connectivity index (χ3v) is 3.84. The Morgan fingerprint density at radius 2 is 1.78 bits per heavy atom. The molecule has 0 saturated carbocycles. The molecule has 0 radical (unpaired) electrons. The summed E-state index contributed by atoms with van der Waals surface area (Å²) in [6.07, 6.45) is 3.40. The Kier molecular flexibility index (Phi) is 4.81. The molecular weight excluding hydrogens is 290 g/mol. The van der Waals surface area contributed by atoms with Gasteiger partial charge < -0.3 is 14.8 Å². The van der Waals surface area contributed by atoms with Crippen LogP contribution in [0.3, 0.4) is 0 Å². The van der Waals surface area contributed by atoms with Crippen molar-refractivity contribution in [3.05, 3.63) is 53.6 Å². The molecule has 0 aliphatic carbocycles. The molecule has 1 N–H and O–H groups in total. The quantitative estimate of drug-likeness (QED) is 0.906. The van der Waals surface area contributed by atoms with E-state index < -0.39 is 0 Å². The van der Waals surface area contributed by atoms with E-state index in [4.69, 9.17) is 9.47 Å². The first kappa shape index (κ1) is 15.4. The van der Waals surface area contributed by atoms with Crippen LogP contribution in [0.2, 0.25) is 0 Å². The molecule has 1 aliphatic heterocycles. The molecule has 0 unspecified atom stereocenters. The average Bonchev–Trinajstić information content (AvgIpc) is 2.60. The monoisotopic (exact) mass is 311 g/mol. The highest BCUT2D eigenvalue weighted by atomic mass is 16.6. The average molecular weight is 311 g/mol. The minimum absolute atomic E-state index is 0.122. The van der Waals surface area contributed by atoms with Gasteiger partial charge in [-0.05, 0) is 42.7 Å². The fourth-order valence-corrected chi connectivity index (χ4v) is 2.53. The van der Waals surface area contributed by atoms with E-state index in [1.165, 1.54) is 18.4 Å². The van der Waals surface area contributed by atoms with Gasteiger partial charge in [0.25, 0.3) is 5.91 Å². The van der Waals surface area contributed by atoms with Crippen LogP contribution in [0.5, 0.6) is 11.5 Å². The zero-order valence-corrected chi connectivity index (χ0v) is 13.3. The molecule has 2 aromatic carbocycles. The van der Waals surface area contributed by atoms with Crippen LogP contribution < -0.4 is 14.8 Å². The Morgan fingerprint density at radius 1 is 1.04 bits per heavy atom. The van der Waals surface area contributed by atoms with E-state index in [1.54, 1.807) is 6.07 Å². The van der Waals surface area contributed by atoms with E-state index in [-0.39, 0.29) is 5.91 Å². The second-order valence-electron chi connectivity index (χ2n) is 5.61. The van der Waals surface area contributed by atoms with Crippen LogP contribution in [0.25, 0.3) is 0 Å². The highest BCUT2D eigenvalue weighted by Gasteiger charge is 2.13. The number of anilines is 1. The summed E-state index contributed by atoms with van der Waals surface area (Å²) >= 11 is 0. The number of amides is 1. The van der Waals surface area contributed by atoms with Crippen molar-refractivity contribution >= 4 is 11.6 Å². The summed E-state index contributed by atoms with van der Waals surface area (Å²) in [6.45, 7) is 3.27. The Hall–Kier alpha value is -2.49. The molecule has 0 fully saturated rings. The molecule has 3 rings (SSSR count). The fourth-order valence-electron chi connectivity index (χ4n) is 2.53. The van der Waals surface area contributed by atoms with Gasteiger partial charge >= 0.3 is 0 Å². The number of benzene rings is 2. The third-order valence-electron chi connectivity index (χ3n) is 3.84. The SMILES string of the molecule is CCCCc1ccc(C(=O)Nc2ccc3c(c2)OCCO3)cc1. The second kappa shape index (κ2) is 7.18. The maximum Gasteiger partial charge on any atom is 0.255 e. The lowest BCUT2D eigenvalue weighted by Gasteiger charge is -2.19. The van der Waals surface area contributed by atoms with Gasteiger partial charge in [-0.3, -0.25) is 4.79 Å². The van der Waals surface area contributed by atoms with Gasteiger partial charge in [0, 0.05) is 17.3 Å². The number of fused-ring (bicyclic) bond motifs is 1. The van der Waals surface area contributed by atoms with Crippen molar-refractivity contribution in [3.63, 3.8) is 0 Å². The third kappa shape index (κ3) is 3.83. The number of ether oxygens (including phenoxy) is 2. The second-order valence-corrected chi connectivity index (χ2v) is 5.61. The molecular formula is C19H21NO3. The van der Waals surface area contributed by atoms with E-state index in [9.17, 15) is 4.79 Å². The molecule has 23 heavy (non-hydrogen) atoms. The lowest BCUT2D eigenvalue weighted by Crippen LogP contribution is -2.16. The first-order valence-corrected chi connectivity index (χ1v) is 8.06. The number of hydrogen-bond acceptors (Lipinski definition) is 3. The normalized spacial score (nSPS) is 12.7. The van der Waals surface area contributed by atoms with Gasteiger partial charge in [0.2, 0.25) is 0 Å². The fraction of sp³-hybridized carbons (Fsp3) is 0.316. The van der Waals surface area contributed by atoms with E-state index in [1.807, 2.05) is 36.4 Å². The van der Waals surface area contributed by atoms with Gasteiger partial charge in [0.1, 0.15) is 13.2 Å². The van der Waals surface area contributed by atoms with Crippen LogP contribution in [0.15, 0.2) is 42.5 Å². The Labute approximate surface area is 136 Å². The Balaban J connectivity index is 1.66. The molecule has 0 spiro atoms. The molecule has 4 nitrogen and oxygen atoms in total. The Morgan fingerprint density at radius 3 is 2.52 bits per heavy atom. The highest BCUT2D eigenvalue weighted by molar-refractivity contribution is 6.04. The van der Waals surface area contributed by atoms with Crippen molar-refractivity contribution in [3.8, 4) is 11.5 Å². The molecule has 1 aliphatic rings. The Bertz CT molecular complexity index is 680. The van der Waals surface area contributed by atoms with E-state index >= 15 is 0 Å². The molecule has 120 valence electrons. The zero-order valence-electron chi connectivity index (χ0n) is 13.3. The van der Waals surface area contributed by atoms with E-state index in [2.05, 4.69) is 12.2 Å². The smallest absolute Gasteiger partial charge is 0.255 e. The van der Waals surface area contributed by atoms with E-state index in [0.717, 1.165) is 12.2 Å². The van der Waals surface area contributed by atoms with Gasteiger partial charge in [-0.15, -0.1) is 0 Å². The van der Waals surface area contributed by atoms with Gasteiger partial charge in [-0.2, -0.15) is 0 Å². The van der Waals surface area contributed by atoms with Crippen molar-refractivity contribution in [2.24, 2.45) is 0 Å². The van der Waals surface area contributed by atoms with Crippen LogP contribution in [-0.4, -0.2) is 19.1 Å². The number of nitrogens with one attached hydrogen (secondary N) is 1. The highest BCUT2D eigenvalue weighted by Crippen LogP contribution is 2.32. The molecule has 1 amide bonds. The summed E-state index contributed by atoms with van der Waals surface area (Å²) < 4.78 is 11.0. The topological polar surface area (TPSA) is 47.6 Å². The first-order chi connectivity index (χ1) is 11.3. The van der Waals surface area contributed by atoms with Crippen LogP contribution in [-0.2, 0) is 6.42 Å². The molecule has 0 saturated heterocycles. The predicted molar refractivity (Wildman–Crippen MR) is 90.4 cm³/mol. The maximum atomic E-state index is 12.3. The lowest BCUT2D eigenvalue weighted by molar-refractivity contribution is 0.102. The van der Waals surface area contributed by atoms with Gasteiger partial charge in [-0.25, -0.2) is 0 Å². The maximum absolute atomic E-state index is 12.3. The number of aryl methyl sites for hydroxylation is 1. The summed E-state index contributed by atoms with van der Waals surface area (Å²) in [7, 11) is 0. The number of rotatable bonds is 5. The molecule has 0 atom stereocenters. The molecule has 1 heterocycles. The molecule has 4 heteroatoms. The zero-order chi connectivity index (χ0) is 16.1. The van der Waals surface area contributed by atoms with Crippen molar-refractivity contribution < 1.29 is 14.3 Å². The van der Waals surface area contributed by atoms with Gasteiger partial charge in [0.05, 0.1) is 0 Å².